The van der Waals surface area contributed by atoms with Gasteiger partial charge in [-0.25, -0.2) is 0 Å². The maximum absolute atomic E-state index is 12.9. The molecule has 0 saturated carbocycles. The number of thiophene rings is 1. The number of carbonyl (C=O) groups is 2. The third kappa shape index (κ3) is 4.83. The van der Waals surface area contributed by atoms with E-state index in [2.05, 4.69) is 10.6 Å². The highest BCUT2D eigenvalue weighted by Crippen LogP contribution is 2.38. The van der Waals surface area contributed by atoms with Crippen molar-refractivity contribution in [2.75, 3.05) is 12.4 Å². The molecule has 0 saturated heterocycles. The number of halogens is 2. The molecule has 1 aliphatic rings. The molecule has 0 unspecified atom stereocenters. The molecule has 0 bridgehead atoms. The number of rotatable bonds is 5. The van der Waals surface area contributed by atoms with E-state index in [1.807, 2.05) is 6.07 Å². The number of carbonyl (C=O) groups excluding carboxylic acids is 2. The van der Waals surface area contributed by atoms with Gasteiger partial charge in [0, 0.05) is 28.6 Å². The van der Waals surface area contributed by atoms with E-state index >= 15 is 0 Å². The van der Waals surface area contributed by atoms with Crippen molar-refractivity contribution in [3.05, 3.63) is 67.7 Å². The summed E-state index contributed by atoms with van der Waals surface area (Å²) in [7, 11) is 1.56. The first kappa shape index (κ1) is 23.1. The summed E-state index contributed by atoms with van der Waals surface area (Å²) in [6.07, 6.45) is 5.09. The van der Waals surface area contributed by atoms with Crippen LogP contribution in [0.3, 0.4) is 0 Å². The molecule has 4 rings (SSSR count). The minimum absolute atomic E-state index is 0.146. The second kappa shape index (κ2) is 9.84. The lowest BCUT2D eigenvalue weighted by Gasteiger charge is -2.12. The van der Waals surface area contributed by atoms with Gasteiger partial charge in [0.15, 0.2) is 0 Å². The fourth-order valence-corrected chi connectivity index (χ4v) is 5.53. The summed E-state index contributed by atoms with van der Waals surface area (Å²) in [5.74, 6) is -0.0559. The van der Waals surface area contributed by atoms with E-state index < -0.39 is 5.91 Å². The van der Waals surface area contributed by atoms with Gasteiger partial charge in [-0.15, -0.1) is 11.3 Å². The molecule has 168 valence electrons. The zero-order valence-electron chi connectivity index (χ0n) is 17.6. The molecule has 2 N–H and O–H groups in total. The number of furan rings is 1. The second-order valence-corrected chi connectivity index (χ2v) is 9.39. The van der Waals surface area contributed by atoms with Crippen molar-refractivity contribution in [1.29, 1.82) is 5.26 Å². The van der Waals surface area contributed by atoms with E-state index in [0.29, 0.717) is 37.7 Å². The summed E-state index contributed by atoms with van der Waals surface area (Å²) < 4.78 is 5.77. The van der Waals surface area contributed by atoms with Crippen LogP contribution in [0.25, 0.3) is 17.4 Å². The third-order valence-electron chi connectivity index (χ3n) is 5.33. The van der Waals surface area contributed by atoms with Gasteiger partial charge < -0.3 is 15.1 Å². The zero-order chi connectivity index (χ0) is 23.5. The fourth-order valence-electron chi connectivity index (χ4n) is 3.74. The number of amides is 2. The van der Waals surface area contributed by atoms with Crippen molar-refractivity contribution in [3.8, 4) is 17.4 Å². The van der Waals surface area contributed by atoms with E-state index in [1.165, 1.54) is 17.4 Å². The standard InChI is InChI=1S/C24H19Cl2N3O3S/c1-28-23(31)21-17-4-2-3-5-20(17)33-24(21)29-22(30)13(12-27)10-15-7-9-19(32-15)16-8-6-14(25)11-18(16)26/h6-11H,2-5H2,1H3,(H,28,31)(H,29,30). The molecule has 0 aliphatic heterocycles. The van der Waals surface area contributed by atoms with Gasteiger partial charge in [-0.1, -0.05) is 23.2 Å². The Morgan fingerprint density at radius 1 is 1.18 bits per heavy atom. The van der Waals surface area contributed by atoms with Crippen LogP contribution in [0.5, 0.6) is 0 Å². The average Bonchev–Trinajstić information content (AvgIpc) is 3.41. The lowest BCUT2D eigenvalue weighted by molar-refractivity contribution is -0.112. The predicted octanol–water partition coefficient (Wildman–Crippen LogP) is 6.10. The highest BCUT2D eigenvalue weighted by atomic mass is 35.5. The Balaban J connectivity index is 1.60. The Kier molecular flexibility index (Phi) is 6.89. The number of nitriles is 1. The number of anilines is 1. The molecular formula is C24H19Cl2N3O3S. The maximum Gasteiger partial charge on any atom is 0.267 e. The van der Waals surface area contributed by atoms with Crippen molar-refractivity contribution >= 4 is 57.4 Å². The lowest BCUT2D eigenvalue weighted by atomic mass is 9.95. The number of hydrogen-bond acceptors (Lipinski definition) is 5. The smallest absolute Gasteiger partial charge is 0.267 e. The predicted molar refractivity (Wildman–Crippen MR) is 131 cm³/mol. The highest BCUT2D eigenvalue weighted by molar-refractivity contribution is 7.17. The molecule has 2 amide bonds. The van der Waals surface area contributed by atoms with Gasteiger partial charge in [0.1, 0.15) is 28.2 Å². The molecule has 6 nitrogen and oxygen atoms in total. The lowest BCUT2D eigenvalue weighted by Crippen LogP contribution is -2.22. The minimum atomic E-state index is -0.608. The van der Waals surface area contributed by atoms with Crippen LogP contribution in [0.15, 0.2) is 40.3 Å². The summed E-state index contributed by atoms with van der Waals surface area (Å²) in [6.45, 7) is 0. The first-order valence-corrected chi connectivity index (χ1v) is 11.8. The fraction of sp³-hybridized carbons (Fsp3) is 0.208. The van der Waals surface area contributed by atoms with Crippen molar-refractivity contribution in [2.45, 2.75) is 25.7 Å². The van der Waals surface area contributed by atoms with Crippen LogP contribution in [-0.4, -0.2) is 18.9 Å². The van der Waals surface area contributed by atoms with Gasteiger partial charge >= 0.3 is 0 Å². The number of aryl methyl sites for hydroxylation is 1. The van der Waals surface area contributed by atoms with Crippen molar-refractivity contribution in [2.24, 2.45) is 0 Å². The first-order valence-electron chi connectivity index (χ1n) is 10.3. The van der Waals surface area contributed by atoms with Crippen LogP contribution < -0.4 is 10.6 Å². The summed E-state index contributed by atoms with van der Waals surface area (Å²) in [6, 6.07) is 10.3. The molecule has 3 aromatic rings. The normalized spacial score (nSPS) is 13.2. The molecule has 2 aromatic heterocycles. The molecule has 1 aliphatic carbocycles. The summed E-state index contributed by atoms with van der Waals surface area (Å²) in [5, 5.41) is 16.4. The molecule has 0 atom stereocenters. The largest absolute Gasteiger partial charge is 0.457 e. The van der Waals surface area contributed by atoms with Crippen LogP contribution >= 0.6 is 34.5 Å². The average molecular weight is 500 g/mol. The van der Waals surface area contributed by atoms with E-state index in [1.54, 1.807) is 37.4 Å². The molecule has 9 heteroatoms. The van der Waals surface area contributed by atoms with Crippen molar-refractivity contribution in [1.82, 2.24) is 5.32 Å². The Hall–Kier alpha value is -3.05. The van der Waals surface area contributed by atoms with Gasteiger partial charge in [-0.05, 0) is 61.6 Å². The number of benzene rings is 1. The monoisotopic (exact) mass is 499 g/mol. The van der Waals surface area contributed by atoms with Crippen LogP contribution in [0, 0.1) is 11.3 Å². The topological polar surface area (TPSA) is 95.1 Å². The second-order valence-electron chi connectivity index (χ2n) is 7.44. The van der Waals surface area contributed by atoms with Crippen LogP contribution in [0.4, 0.5) is 5.00 Å². The number of nitrogens with one attached hydrogen (secondary N) is 2. The zero-order valence-corrected chi connectivity index (χ0v) is 20.0. The van der Waals surface area contributed by atoms with Gasteiger partial charge in [0.05, 0.1) is 10.6 Å². The van der Waals surface area contributed by atoms with Gasteiger partial charge in [-0.3, -0.25) is 9.59 Å². The van der Waals surface area contributed by atoms with Gasteiger partial charge in [0.25, 0.3) is 11.8 Å². The number of nitrogens with zero attached hydrogens (tertiary/aromatic N) is 1. The molecule has 33 heavy (non-hydrogen) atoms. The molecule has 0 spiro atoms. The molecule has 1 aromatic carbocycles. The Morgan fingerprint density at radius 2 is 1.97 bits per heavy atom. The van der Waals surface area contributed by atoms with Crippen LogP contribution in [0.1, 0.15) is 39.4 Å². The van der Waals surface area contributed by atoms with E-state index in [0.717, 1.165) is 36.1 Å². The molecule has 2 heterocycles. The van der Waals surface area contributed by atoms with E-state index in [4.69, 9.17) is 27.6 Å². The Labute approximate surface area is 204 Å². The van der Waals surface area contributed by atoms with Crippen LogP contribution in [-0.2, 0) is 17.6 Å². The first-order chi connectivity index (χ1) is 15.9. The SMILES string of the molecule is CNC(=O)c1c(NC(=O)C(C#N)=Cc2ccc(-c3ccc(Cl)cc3Cl)o2)sc2c1CCCC2. The van der Waals surface area contributed by atoms with Crippen molar-refractivity contribution < 1.29 is 14.0 Å². The van der Waals surface area contributed by atoms with E-state index in [-0.39, 0.29) is 11.5 Å². The summed E-state index contributed by atoms with van der Waals surface area (Å²) in [5.41, 5.74) is 1.97. The summed E-state index contributed by atoms with van der Waals surface area (Å²) >= 11 is 13.6. The Morgan fingerprint density at radius 3 is 2.70 bits per heavy atom. The van der Waals surface area contributed by atoms with Gasteiger partial charge in [0.2, 0.25) is 0 Å². The molecule has 0 radical (unpaired) electrons. The van der Waals surface area contributed by atoms with Gasteiger partial charge in [-0.2, -0.15) is 5.26 Å². The third-order valence-corrected chi connectivity index (χ3v) is 7.08. The van der Waals surface area contributed by atoms with Crippen molar-refractivity contribution in [3.63, 3.8) is 0 Å². The highest BCUT2D eigenvalue weighted by Gasteiger charge is 2.26. The maximum atomic E-state index is 12.9. The summed E-state index contributed by atoms with van der Waals surface area (Å²) in [4.78, 5) is 26.5. The Bertz CT molecular complexity index is 1320. The molecular weight excluding hydrogens is 481 g/mol. The van der Waals surface area contributed by atoms with Crippen LogP contribution in [0.2, 0.25) is 10.0 Å². The van der Waals surface area contributed by atoms with E-state index in [9.17, 15) is 14.9 Å². The number of fused-ring (bicyclic) bond motifs is 1. The molecule has 0 fully saturated rings. The number of hydrogen-bond donors (Lipinski definition) is 2. The minimum Gasteiger partial charge on any atom is -0.457 e. The quantitative estimate of drug-likeness (QED) is 0.327.